The highest BCUT2D eigenvalue weighted by atomic mass is 32.2. The molecule has 0 unspecified atom stereocenters. The highest BCUT2D eigenvalue weighted by molar-refractivity contribution is 7.85. The van der Waals surface area contributed by atoms with Gasteiger partial charge in [-0.05, 0) is 31.2 Å². The summed E-state index contributed by atoms with van der Waals surface area (Å²) >= 11 is 0. The predicted octanol–water partition coefficient (Wildman–Crippen LogP) is 2.66. The summed E-state index contributed by atoms with van der Waals surface area (Å²) < 4.78 is 29.6. The fourth-order valence-corrected chi connectivity index (χ4v) is 1.93. The minimum absolute atomic E-state index is 0.0666. The van der Waals surface area contributed by atoms with Crippen molar-refractivity contribution in [3.63, 3.8) is 0 Å². The largest absolute Gasteiger partial charge is 0.395 e. The number of aliphatic hydroxyl groups excluding tert-OH is 1. The van der Waals surface area contributed by atoms with E-state index in [0.717, 1.165) is 11.1 Å². The van der Waals surface area contributed by atoms with Gasteiger partial charge in [-0.25, -0.2) is 0 Å². The average molecular weight is 318 g/mol. The molecule has 2 aromatic carbocycles. The summed E-state index contributed by atoms with van der Waals surface area (Å²) in [6, 6.07) is 15.7. The monoisotopic (exact) mass is 318 g/mol. The number of benzene rings is 2. The summed E-state index contributed by atoms with van der Waals surface area (Å²) in [6.45, 7) is 1.98. The number of aryl methyl sites for hydroxylation is 1. The van der Waals surface area contributed by atoms with E-state index in [1.54, 1.807) is 12.1 Å². The Bertz CT molecular complexity index is 724. The molecule has 0 spiro atoms. The van der Waals surface area contributed by atoms with Crippen LogP contribution in [0.5, 0.6) is 0 Å². The van der Waals surface area contributed by atoms with Crippen LogP contribution in [0.4, 0.5) is 0 Å². The normalized spacial score (nSPS) is 9.95. The Balaban J connectivity index is 0.000000220. The zero-order valence-electron chi connectivity index (χ0n) is 12.2. The number of hydrogen-bond donors (Lipinski definition) is 2. The van der Waals surface area contributed by atoms with Gasteiger partial charge in [0, 0.05) is 12.0 Å². The van der Waals surface area contributed by atoms with Crippen LogP contribution in [0.25, 0.3) is 0 Å². The number of hydrogen-bond acceptors (Lipinski definition) is 3. The van der Waals surface area contributed by atoms with Crippen molar-refractivity contribution in [2.45, 2.75) is 18.2 Å². The molecule has 2 N–H and O–H groups in total. The second kappa shape index (κ2) is 9.00. The molecule has 116 valence electrons. The van der Waals surface area contributed by atoms with Gasteiger partial charge in [0.2, 0.25) is 0 Å². The standard InChI is InChI=1S/C10H10O.C7H8O3S/c11-9-5-4-8-10-6-2-1-3-7-10;1-6-2-4-7(5-3-6)11(8,9)10/h1-3,6-7,11H,5,9H2;2-5H,1H3,(H,8,9,10). The molecule has 0 aliphatic rings. The summed E-state index contributed by atoms with van der Waals surface area (Å²) in [4.78, 5) is -0.0666. The first-order valence-electron chi connectivity index (χ1n) is 6.62. The molecule has 0 atom stereocenters. The Labute approximate surface area is 131 Å². The van der Waals surface area contributed by atoms with Crippen molar-refractivity contribution in [3.8, 4) is 11.8 Å². The molecular formula is C17H18O4S. The van der Waals surface area contributed by atoms with Crippen molar-refractivity contribution in [3.05, 3.63) is 65.7 Å². The first-order valence-corrected chi connectivity index (χ1v) is 8.06. The third-order valence-corrected chi connectivity index (χ3v) is 3.43. The maximum atomic E-state index is 10.5. The second-order valence-electron chi connectivity index (χ2n) is 4.43. The van der Waals surface area contributed by atoms with Gasteiger partial charge in [-0.2, -0.15) is 8.42 Å². The lowest BCUT2D eigenvalue weighted by atomic mass is 10.2. The van der Waals surface area contributed by atoms with Gasteiger partial charge in [-0.3, -0.25) is 4.55 Å². The van der Waals surface area contributed by atoms with Crippen LogP contribution in [0.15, 0.2) is 59.5 Å². The molecule has 0 saturated carbocycles. The predicted molar refractivity (Wildman–Crippen MR) is 86.0 cm³/mol. The van der Waals surface area contributed by atoms with Crippen LogP contribution in [0.3, 0.4) is 0 Å². The lowest BCUT2D eigenvalue weighted by Gasteiger charge is -1.95. The molecule has 0 saturated heterocycles. The highest BCUT2D eigenvalue weighted by Gasteiger charge is 2.06. The summed E-state index contributed by atoms with van der Waals surface area (Å²) in [5.41, 5.74) is 1.96. The van der Waals surface area contributed by atoms with E-state index in [0.29, 0.717) is 6.42 Å². The van der Waals surface area contributed by atoms with Crippen molar-refractivity contribution in [1.82, 2.24) is 0 Å². The van der Waals surface area contributed by atoms with Crippen LogP contribution in [0, 0.1) is 18.8 Å². The van der Waals surface area contributed by atoms with E-state index in [4.69, 9.17) is 9.66 Å². The van der Waals surface area contributed by atoms with Crippen molar-refractivity contribution >= 4 is 10.1 Å². The van der Waals surface area contributed by atoms with Crippen LogP contribution in [0.1, 0.15) is 17.5 Å². The van der Waals surface area contributed by atoms with Crippen molar-refractivity contribution in [2.75, 3.05) is 6.61 Å². The van der Waals surface area contributed by atoms with Crippen LogP contribution < -0.4 is 0 Å². The molecule has 0 radical (unpaired) electrons. The molecule has 0 amide bonds. The maximum Gasteiger partial charge on any atom is 0.294 e. The molecule has 5 heteroatoms. The number of aliphatic hydroxyl groups is 1. The fourth-order valence-electron chi connectivity index (χ4n) is 1.45. The molecule has 0 aliphatic carbocycles. The van der Waals surface area contributed by atoms with Gasteiger partial charge in [0.1, 0.15) is 0 Å². The Morgan fingerprint density at radius 2 is 1.59 bits per heavy atom. The number of rotatable bonds is 2. The molecular weight excluding hydrogens is 300 g/mol. The Kier molecular flexibility index (Phi) is 7.33. The Morgan fingerprint density at radius 3 is 2.09 bits per heavy atom. The quantitative estimate of drug-likeness (QED) is 0.659. The van der Waals surface area contributed by atoms with E-state index in [1.165, 1.54) is 12.1 Å². The zero-order valence-corrected chi connectivity index (χ0v) is 13.0. The van der Waals surface area contributed by atoms with Gasteiger partial charge in [-0.15, -0.1) is 0 Å². The van der Waals surface area contributed by atoms with Crippen LogP contribution in [-0.2, 0) is 10.1 Å². The topological polar surface area (TPSA) is 74.6 Å². The van der Waals surface area contributed by atoms with Gasteiger partial charge in [-0.1, -0.05) is 47.7 Å². The van der Waals surface area contributed by atoms with E-state index in [9.17, 15) is 8.42 Å². The van der Waals surface area contributed by atoms with Gasteiger partial charge in [0.15, 0.2) is 0 Å². The Hall–Kier alpha value is -2.13. The third-order valence-electron chi connectivity index (χ3n) is 2.56. The second-order valence-corrected chi connectivity index (χ2v) is 5.85. The highest BCUT2D eigenvalue weighted by Crippen LogP contribution is 2.08. The smallest absolute Gasteiger partial charge is 0.294 e. The van der Waals surface area contributed by atoms with Crippen LogP contribution in [0.2, 0.25) is 0 Å². The SMILES string of the molecule is Cc1ccc(S(=O)(=O)O)cc1.OCCC#Cc1ccccc1. The summed E-state index contributed by atoms with van der Waals surface area (Å²) in [5, 5.41) is 8.44. The van der Waals surface area contributed by atoms with Crippen LogP contribution in [-0.4, -0.2) is 24.7 Å². The molecule has 0 heterocycles. The van der Waals surface area contributed by atoms with E-state index in [-0.39, 0.29) is 11.5 Å². The minimum Gasteiger partial charge on any atom is -0.395 e. The average Bonchev–Trinajstić information content (AvgIpc) is 2.49. The molecule has 0 aromatic heterocycles. The molecule has 22 heavy (non-hydrogen) atoms. The minimum atomic E-state index is -4.02. The van der Waals surface area contributed by atoms with Gasteiger partial charge in [0.25, 0.3) is 10.1 Å². The third kappa shape index (κ3) is 7.04. The molecule has 4 nitrogen and oxygen atoms in total. The van der Waals surface area contributed by atoms with Gasteiger partial charge >= 0.3 is 0 Å². The van der Waals surface area contributed by atoms with E-state index in [1.807, 2.05) is 37.3 Å². The lowest BCUT2D eigenvalue weighted by Crippen LogP contribution is -1.96. The van der Waals surface area contributed by atoms with E-state index >= 15 is 0 Å². The van der Waals surface area contributed by atoms with E-state index in [2.05, 4.69) is 11.8 Å². The first kappa shape index (κ1) is 17.9. The van der Waals surface area contributed by atoms with E-state index < -0.39 is 10.1 Å². The lowest BCUT2D eigenvalue weighted by molar-refractivity contribution is 0.305. The molecule has 2 aromatic rings. The summed E-state index contributed by atoms with van der Waals surface area (Å²) in [6.07, 6.45) is 0.550. The van der Waals surface area contributed by atoms with Gasteiger partial charge < -0.3 is 5.11 Å². The summed E-state index contributed by atoms with van der Waals surface area (Å²) in [5.74, 6) is 5.79. The van der Waals surface area contributed by atoms with Gasteiger partial charge in [0.05, 0.1) is 11.5 Å². The first-order chi connectivity index (χ1) is 10.4. The molecule has 2 rings (SSSR count). The van der Waals surface area contributed by atoms with Crippen molar-refractivity contribution in [2.24, 2.45) is 0 Å². The molecule has 0 aliphatic heterocycles. The maximum absolute atomic E-state index is 10.5. The zero-order chi connectivity index (χ0) is 16.4. The molecule has 0 bridgehead atoms. The van der Waals surface area contributed by atoms with Crippen LogP contribution >= 0.6 is 0 Å². The molecule has 0 fully saturated rings. The Morgan fingerprint density at radius 1 is 1.00 bits per heavy atom. The summed E-state index contributed by atoms with van der Waals surface area (Å²) in [7, 11) is -4.02. The fraction of sp³-hybridized carbons (Fsp3) is 0.176. The van der Waals surface area contributed by atoms with Crippen molar-refractivity contribution < 1.29 is 18.1 Å². The van der Waals surface area contributed by atoms with Crippen molar-refractivity contribution in [1.29, 1.82) is 0 Å².